The van der Waals surface area contributed by atoms with Gasteiger partial charge in [0, 0.05) is 17.0 Å². The number of hydrogen-bond acceptors (Lipinski definition) is 1. The lowest BCUT2D eigenvalue weighted by Gasteiger charge is -2.29. The summed E-state index contributed by atoms with van der Waals surface area (Å²) in [7, 11) is 0. The number of primary amides is 1. The van der Waals surface area contributed by atoms with Crippen LogP contribution in [0.3, 0.4) is 0 Å². The lowest BCUT2D eigenvalue weighted by atomic mass is 9.73. The van der Waals surface area contributed by atoms with Crippen molar-refractivity contribution >= 4 is 16.9 Å². The SMILES string of the molecule is CCC1(c2cn(C(N)=O)c3ccccc23)CCc2cc(F)ccc21. The fourth-order valence-electron chi connectivity index (χ4n) is 4.30. The van der Waals surface area contributed by atoms with Crippen LogP contribution in [0.4, 0.5) is 9.18 Å². The lowest BCUT2D eigenvalue weighted by molar-refractivity contribution is 0.251. The molecule has 3 nitrogen and oxygen atoms in total. The van der Waals surface area contributed by atoms with Gasteiger partial charge >= 0.3 is 6.03 Å². The van der Waals surface area contributed by atoms with E-state index >= 15 is 0 Å². The summed E-state index contributed by atoms with van der Waals surface area (Å²) in [4.78, 5) is 11.9. The van der Waals surface area contributed by atoms with Crippen molar-refractivity contribution in [2.45, 2.75) is 31.6 Å². The number of nitrogens with zero attached hydrogens (tertiary/aromatic N) is 1. The first-order valence-corrected chi connectivity index (χ1v) is 8.26. The molecule has 0 fully saturated rings. The Balaban J connectivity index is 2.02. The molecule has 4 rings (SSSR count). The van der Waals surface area contributed by atoms with E-state index in [1.807, 2.05) is 36.5 Å². The number of fused-ring (bicyclic) bond motifs is 2. The Bertz CT molecular complexity index is 959. The number of halogens is 1. The Morgan fingerprint density at radius 1 is 1.25 bits per heavy atom. The van der Waals surface area contributed by atoms with Gasteiger partial charge in [-0.2, -0.15) is 0 Å². The molecule has 1 aromatic heterocycles. The largest absolute Gasteiger partial charge is 0.351 e. The number of rotatable bonds is 2. The Kier molecular flexibility index (Phi) is 3.23. The summed E-state index contributed by atoms with van der Waals surface area (Å²) in [6.07, 6.45) is 4.51. The number of aromatic nitrogens is 1. The molecule has 1 amide bonds. The Hall–Kier alpha value is -2.62. The van der Waals surface area contributed by atoms with Crippen molar-refractivity contribution in [3.8, 4) is 0 Å². The number of amides is 1. The van der Waals surface area contributed by atoms with Crippen LogP contribution in [0.1, 0.15) is 36.5 Å². The van der Waals surface area contributed by atoms with Crippen LogP contribution in [-0.2, 0) is 11.8 Å². The highest BCUT2D eigenvalue weighted by molar-refractivity contribution is 5.94. The summed E-state index contributed by atoms with van der Waals surface area (Å²) in [5.74, 6) is -0.194. The summed E-state index contributed by atoms with van der Waals surface area (Å²) in [5.41, 5.74) is 9.51. The summed E-state index contributed by atoms with van der Waals surface area (Å²) in [6, 6.07) is 12.4. The maximum absolute atomic E-state index is 13.6. The second-order valence-electron chi connectivity index (χ2n) is 6.51. The van der Waals surface area contributed by atoms with Crippen molar-refractivity contribution in [1.29, 1.82) is 0 Å². The summed E-state index contributed by atoms with van der Waals surface area (Å²) < 4.78 is 15.1. The topological polar surface area (TPSA) is 48.0 Å². The average molecular weight is 322 g/mol. The van der Waals surface area contributed by atoms with Gasteiger partial charge in [0.25, 0.3) is 0 Å². The van der Waals surface area contributed by atoms with E-state index in [-0.39, 0.29) is 11.2 Å². The molecule has 4 heteroatoms. The summed E-state index contributed by atoms with van der Waals surface area (Å²) >= 11 is 0. The van der Waals surface area contributed by atoms with Gasteiger partial charge in [0.15, 0.2) is 0 Å². The molecule has 122 valence electrons. The zero-order chi connectivity index (χ0) is 16.9. The standard InChI is InChI=1S/C20H19FN2O/c1-2-20(10-9-13-11-14(21)7-8-16(13)20)17-12-23(19(22)24)18-6-4-3-5-15(17)18/h3-8,11-12H,2,9-10H2,1H3,(H2,22,24). The van der Waals surface area contributed by atoms with Gasteiger partial charge < -0.3 is 5.73 Å². The first-order valence-electron chi connectivity index (χ1n) is 8.26. The highest BCUT2D eigenvalue weighted by Crippen LogP contribution is 2.49. The van der Waals surface area contributed by atoms with Crippen LogP contribution in [0.25, 0.3) is 10.9 Å². The molecule has 1 aliphatic rings. The van der Waals surface area contributed by atoms with Crippen molar-refractivity contribution in [3.63, 3.8) is 0 Å². The molecule has 3 aromatic rings. The zero-order valence-electron chi connectivity index (χ0n) is 13.6. The summed E-state index contributed by atoms with van der Waals surface area (Å²) in [6.45, 7) is 2.15. The molecule has 1 unspecified atom stereocenters. The van der Waals surface area contributed by atoms with Crippen LogP contribution in [0.2, 0.25) is 0 Å². The predicted molar refractivity (Wildman–Crippen MR) is 92.7 cm³/mol. The molecule has 2 aromatic carbocycles. The van der Waals surface area contributed by atoms with E-state index in [0.717, 1.165) is 41.3 Å². The second kappa shape index (κ2) is 5.20. The third-order valence-corrected chi connectivity index (χ3v) is 5.47. The Morgan fingerprint density at radius 2 is 2.04 bits per heavy atom. The molecule has 24 heavy (non-hydrogen) atoms. The molecule has 0 saturated carbocycles. The van der Waals surface area contributed by atoms with Crippen LogP contribution in [-0.4, -0.2) is 10.6 Å². The van der Waals surface area contributed by atoms with Crippen LogP contribution in [0.5, 0.6) is 0 Å². The van der Waals surface area contributed by atoms with E-state index in [2.05, 4.69) is 6.92 Å². The molecule has 1 aliphatic carbocycles. The van der Waals surface area contributed by atoms with Crippen LogP contribution < -0.4 is 5.73 Å². The van der Waals surface area contributed by atoms with Gasteiger partial charge in [-0.15, -0.1) is 0 Å². The van der Waals surface area contributed by atoms with Crippen molar-refractivity contribution in [1.82, 2.24) is 4.57 Å². The number of carbonyl (C=O) groups excluding carboxylic acids is 1. The van der Waals surface area contributed by atoms with E-state index in [0.29, 0.717) is 0 Å². The number of benzene rings is 2. The summed E-state index contributed by atoms with van der Waals surface area (Å²) in [5, 5.41) is 1.04. The van der Waals surface area contributed by atoms with Gasteiger partial charge in [0.2, 0.25) is 0 Å². The molecular weight excluding hydrogens is 303 g/mol. The minimum absolute atomic E-state index is 0.194. The third kappa shape index (κ3) is 1.92. The number of carbonyl (C=O) groups is 1. The van der Waals surface area contributed by atoms with Crippen LogP contribution in [0, 0.1) is 5.82 Å². The number of para-hydroxylation sites is 1. The van der Waals surface area contributed by atoms with Crippen LogP contribution in [0.15, 0.2) is 48.7 Å². The molecule has 0 radical (unpaired) electrons. The number of nitrogens with two attached hydrogens (primary N) is 1. The van der Waals surface area contributed by atoms with E-state index in [4.69, 9.17) is 5.73 Å². The fourth-order valence-corrected chi connectivity index (χ4v) is 4.30. The van der Waals surface area contributed by atoms with Crippen molar-refractivity contribution in [2.24, 2.45) is 5.73 Å². The van der Waals surface area contributed by atoms with Gasteiger partial charge in [0.05, 0.1) is 5.52 Å². The normalized spacial score (nSPS) is 19.6. The van der Waals surface area contributed by atoms with Crippen molar-refractivity contribution in [3.05, 3.63) is 71.2 Å². The fraction of sp³-hybridized carbons (Fsp3) is 0.250. The monoisotopic (exact) mass is 322 g/mol. The average Bonchev–Trinajstić information content (AvgIpc) is 3.14. The minimum Gasteiger partial charge on any atom is -0.351 e. The molecule has 0 bridgehead atoms. The molecule has 0 aliphatic heterocycles. The van der Waals surface area contributed by atoms with Crippen molar-refractivity contribution < 1.29 is 9.18 Å². The maximum Gasteiger partial charge on any atom is 0.323 e. The smallest absolute Gasteiger partial charge is 0.323 e. The number of hydrogen-bond donors (Lipinski definition) is 1. The first-order chi connectivity index (χ1) is 11.6. The molecule has 2 N–H and O–H groups in total. The number of aryl methyl sites for hydroxylation is 1. The molecule has 1 heterocycles. The molecule has 0 spiro atoms. The third-order valence-electron chi connectivity index (χ3n) is 5.47. The highest BCUT2D eigenvalue weighted by Gasteiger charge is 2.41. The van der Waals surface area contributed by atoms with Gasteiger partial charge in [-0.1, -0.05) is 31.2 Å². The minimum atomic E-state index is -0.485. The van der Waals surface area contributed by atoms with Crippen LogP contribution >= 0.6 is 0 Å². The van der Waals surface area contributed by atoms with Crippen molar-refractivity contribution in [2.75, 3.05) is 0 Å². The second-order valence-corrected chi connectivity index (χ2v) is 6.51. The van der Waals surface area contributed by atoms with Gasteiger partial charge in [0.1, 0.15) is 5.82 Å². The first kappa shape index (κ1) is 14.9. The Morgan fingerprint density at radius 3 is 2.79 bits per heavy atom. The van der Waals surface area contributed by atoms with E-state index in [1.165, 1.54) is 16.2 Å². The molecule has 0 saturated heterocycles. The van der Waals surface area contributed by atoms with E-state index in [9.17, 15) is 9.18 Å². The van der Waals surface area contributed by atoms with E-state index in [1.54, 1.807) is 6.07 Å². The Labute approximate surface area is 139 Å². The van der Waals surface area contributed by atoms with Gasteiger partial charge in [-0.3, -0.25) is 4.57 Å². The quantitative estimate of drug-likeness (QED) is 0.749. The maximum atomic E-state index is 13.6. The highest BCUT2D eigenvalue weighted by atomic mass is 19.1. The zero-order valence-corrected chi connectivity index (χ0v) is 13.6. The van der Waals surface area contributed by atoms with Gasteiger partial charge in [-0.05, 0) is 54.2 Å². The predicted octanol–water partition coefficient (Wildman–Crippen LogP) is 4.35. The van der Waals surface area contributed by atoms with Gasteiger partial charge in [-0.25, -0.2) is 9.18 Å². The molecule has 1 atom stereocenters. The molecular formula is C20H19FN2O. The van der Waals surface area contributed by atoms with E-state index < -0.39 is 6.03 Å². The lowest BCUT2D eigenvalue weighted by Crippen LogP contribution is -2.24.